The summed E-state index contributed by atoms with van der Waals surface area (Å²) in [6, 6.07) is 12.5. The number of ether oxygens (including phenoxy) is 2. The molecule has 54 heavy (non-hydrogen) atoms. The van der Waals surface area contributed by atoms with E-state index < -0.39 is 23.9 Å². The summed E-state index contributed by atoms with van der Waals surface area (Å²) in [6.07, 6.45) is 13.4. The van der Waals surface area contributed by atoms with Crippen LogP contribution in [0.25, 0.3) is 0 Å². The highest BCUT2D eigenvalue weighted by Crippen LogP contribution is 2.74. The molecular weight excluding hydrogens is 680 g/mol. The van der Waals surface area contributed by atoms with Crippen LogP contribution in [0.1, 0.15) is 148 Å². The second-order valence-corrected chi connectivity index (χ2v) is 19.2. The quantitative estimate of drug-likeness (QED) is 0.269. The summed E-state index contributed by atoms with van der Waals surface area (Å²) in [6.45, 7) is 16.8. The first-order chi connectivity index (χ1) is 25.3. The summed E-state index contributed by atoms with van der Waals surface area (Å²) in [5.41, 5.74) is 2.50. The molecule has 5 aliphatic rings. The zero-order valence-corrected chi connectivity index (χ0v) is 32.9. The molecule has 8 heteroatoms. The molecule has 7 rings (SSSR count). The fourth-order valence-electron chi connectivity index (χ4n) is 12.3. The van der Waals surface area contributed by atoms with Crippen LogP contribution in [-0.4, -0.2) is 46.8 Å². The molecule has 5 aliphatic carbocycles. The van der Waals surface area contributed by atoms with Crippen LogP contribution < -0.4 is 0 Å². The number of rotatable bonds is 7. The molecule has 8 atom stereocenters. The molecule has 0 radical (unpaired) electrons. The highest BCUT2D eigenvalue weighted by Gasteiger charge is 2.67. The topological polar surface area (TPSA) is 127 Å². The van der Waals surface area contributed by atoms with Crippen LogP contribution in [0.4, 0.5) is 0 Å². The molecule has 0 aliphatic heterocycles. The maximum absolute atomic E-state index is 13.5. The Morgan fingerprint density at radius 2 is 1.28 bits per heavy atom. The molecule has 3 saturated carbocycles. The van der Waals surface area contributed by atoms with Crippen molar-refractivity contribution in [2.24, 2.45) is 44.3 Å². The van der Waals surface area contributed by atoms with Crippen molar-refractivity contribution in [2.45, 2.75) is 112 Å². The van der Waals surface area contributed by atoms with E-state index in [1.165, 1.54) is 35.4 Å². The zero-order chi connectivity index (χ0) is 39.1. The molecule has 0 heterocycles. The second kappa shape index (κ2) is 12.9. The molecule has 2 aromatic carbocycles. The molecule has 2 aromatic rings. The fraction of sp³-hybridized carbons (Fsp3) is 0.565. The van der Waals surface area contributed by atoms with E-state index in [1.807, 2.05) is 0 Å². The molecule has 2 N–H and O–H groups in total. The summed E-state index contributed by atoms with van der Waals surface area (Å²) in [5.74, 6) is -2.81. The Morgan fingerprint density at radius 1 is 0.704 bits per heavy atom. The van der Waals surface area contributed by atoms with Gasteiger partial charge in [0.15, 0.2) is 0 Å². The van der Waals surface area contributed by atoms with Crippen LogP contribution in [0.3, 0.4) is 0 Å². The van der Waals surface area contributed by atoms with Crippen molar-refractivity contribution in [1.82, 2.24) is 0 Å². The zero-order valence-electron chi connectivity index (χ0n) is 32.9. The molecule has 0 amide bonds. The van der Waals surface area contributed by atoms with E-state index in [0.717, 1.165) is 57.8 Å². The number of fused-ring (bicyclic) bond motifs is 6. The SMILES string of the molecule is CC1(C)[C@@H](OC(=O)c2ccccc2C(=O)O)CC[C@]2(C)[C@H]3C=CC4=C5C[C@@](C)(COC(=O)c6ccccc6C(=O)O)CC[C@]5(C)CC[C@@]4(C)[C@]3(C)CC[C@@H]12. The van der Waals surface area contributed by atoms with Gasteiger partial charge in [0.2, 0.25) is 0 Å². The lowest BCUT2D eigenvalue weighted by molar-refractivity contribution is -0.183. The standard InChI is InChI=1S/C46H56O8/c1-41(2)34-18-21-46(7)35(44(34,5)20-19-36(41)54-40(52)31-15-11-9-13-29(31)38(49)50)17-16-32-33-26-42(3,22-23-43(33,4)24-25-45(32,46)6)27-53-39(51)30-14-10-8-12-28(30)37(47)48/h8-17,34-36H,18-27H2,1-7H3,(H,47,48)(H,49,50)/t34-,35+,36-,42-,43+,44-,45+,46+/m0/s1. The molecule has 0 saturated heterocycles. The predicted octanol–water partition coefficient (Wildman–Crippen LogP) is 10.2. The highest BCUT2D eigenvalue weighted by atomic mass is 16.5. The lowest BCUT2D eigenvalue weighted by Crippen LogP contribution is -2.63. The van der Waals surface area contributed by atoms with E-state index in [1.54, 1.807) is 24.3 Å². The van der Waals surface area contributed by atoms with Gasteiger partial charge in [-0.3, -0.25) is 0 Å². The summed E-state index contributed by atoms with van der Waals surface area (Å²) in [4.78, 5) is 50.3. The summed E-state index contributed by atoms with van der Waals surface area (Å²) < 4.78 is 12.1. The molecule has 0 aromatic heterocycles. The van der Waals surface area contributed by atoms with Crippen LogP contribution in [0.2, 0.25) is 0 Å². The normalized spacial score (nSPS) is 36.5. The molecule has 288 valence electrons. The molecule has 0 spiro atoms. The van der Waals surface area contributed by atoms with E-state index in [2.05, 4.69) is 60.6 Å². The average Bonchev–Trinajstić information content (AvgIpc) is 3.13. The van der Waals surface area contributed by atoms with Crippen molar-refractivity contribution in [3.8, 4) is 0 Å². The van der Waals surface area contributed by atoms with Gasteiger partial charge in [-0.1, -0.05) is 90.5 Å². The number of benzene rings is 2. The highest BCUT2D eigenvalue weighted by molar-refractivity contribution is 6.03. The first kappa shape index (κ1) is 38.1. The summed E-state index contributed by atoms with van der Waals surface area (Å²) >= 11 is 0. The summed E-state index contributed by atoms with van der Waals surface area (Å²) in [5, 5.41) is 19.3. The molecular formula is C46H56O8. The van der Waals surface area contributed by atoms with Gasteiger partial charge in [-0.15, -0.1) is 0 Å². The minimum atomic E-state index is -1.14. The average molecular weight is 737 g/mol. The van der Waals surface area contributed by atoms with Crippen LogP contribution in [0.15, 0.2) is 71.8 Å². The lowest BCUT2D eigenvalue weighted by atomic mass is 9.35. The van der Waals surface area contributed by atoms with Crippen molar-refractivity contribution >= 4 is 23.9 Å². The van der Waals surface area contributed by atoms with Gasteiger partial charge < -0.3 is 19.7 Å². The maximum atomic E-state index is 13.5. The first-order valence-corrected chi connectivity index (χ1v) is 19.7. The monoisotopic (exact) mass is 736 g/mol. The van der Waals surface area contributed by atoms with Gasteiger partial charge in [0.05, 0.1) is 28.9 Å². The van der Waals surface area contributed by atoms with E-state index in [9.17, 15) is 29.4 Å². The van der Waals surface area contributed by atoms with Gasteiger partial charge in [-0.2, -0.15) is 0 Å². The summed E-state index contributed by atoms with van der Waals surface area (Å²) in [7, 11) is 0. The minimum absolute atomic E-state index is 0.0114. The largest absolute Gasteiger partial charge is 0.478 e. The Morgan fingerprint density at radius 3 is 1.89 bits per heavy atom. The fourth-order valence-corrected chi connectivity index (χ4v) is 12.3. The molecule has 8 nitrogen and oxygen atoms in total. The number of esters is 2. The third-order valence-electron chi connectivity index (χ3n) is 15.8. The minimum Gasteiger partial charge on any atom is -0.478 e. The molecule has 3 fully saturated rings. The number of hydrogen-bond acceptors (Lipinski definition) is 6. The van der Waals surface area contributed by atoms with Crippen molar-refractivity contribution in [1.29, 1.82) is 0 Å². The van der Waals surface area contributed by atoms with Gasteiger partial charge in [0.1, 0.15) is 6.10 Å². The number of carboxylic acids is 2. The van der Waals surface area contributed by atoms with Crippen LogP contribution in [-0.2, 0) is 9.47 Å². The van der Waals surface area contributed by atoms with Crippen LogP contribution in [0.5, 0.6) is 0 Å². The van der Waals surface area contributed by atoms with Gasteiger partial charge in [-0.25, -0.2) is 19.2 Å². The van der Waals surface area contributed by atoms with Crippen molar-refractivity contribution in [2.75, 3.05) is 6.61 Å². The van der Waals surface area contributed by atoms with E-state index in [4.69, 9.17) is 9.47 Å². The van der Waals surface area contributed by atoms with E-state index >= 15 is 0 Å². The van der Waals surface area contributed by atoms with Gasteiger partial charge in [-0.05, 0) is 121 Å². The maximum Gasteiger partial charge on any atom is 0.339 e. The lowest BCUT2D eigenvalue weighted by Gasteiger charge is -2.69. The number of carboxylic acid groups (broad SMARTS) is 2. The van der Waals surface area contributed by atoms with Crippen molar-refractivity contribution in [3.63, 3.8) is 0 Å². The van der Waals surface area contributed by atoms with Crippen LogP contribution >= 0.6 is 0 Å². The number of carbonyl (C=O) groups is 4. The van der Waals surface area contributed by atoms with Crippen molar-refractivity contribution in [3.05, 3.63) is 94.1 Å². The van der Waals surface area contributed by atoms with E-state index in [0.29, 0.717) is 11.8 Å². The van der Waals surface area contributed by atoms with E-state index in [-0.39, 0.29) is 67.5 Å². The van der Waals surface area contributed by atoms with Gasteiger partial charge in [0, 0.05) is 10.8 Å². The molecule has 0 unspecified atom stereocenters. The number of aromatic carboxylic acids is 2. The Balaban J connectivity index is 1.15. The Labute approximate surface area is 319 Å². The Hall–Kier alpha value is -4.20. The van der Waals surface area contributed by atoms with Gasteiger partial charge >= 0.3 is 23.9 Å². The number of allylic oxidation sites excluding steroid dienone is 4. The number of carbonyl (C=O) groups excluding carboxylic acids is 2. The molecule has 0 bridgehead atoms. The van der Waals surface area contributed by atoms with Crippen LogP contribution in [0, 0.1) is 44.3 Å². The van der Waals surface area contributed by atoms with Crippen molar-refractivity contribution < 1.29 is 38.9 Å². The second-order valence-electron chi connectivity index (χ2n) is 19.2. The third kappa shape index (κ3) is 5.76. The smallest absolute Gasteiger partial charge is 0.339 e. The first-order valence-electron chi connectivity index (χ1n) is 19.7. The van der Waals surface area contributed by atoms with Gasteiger partial charge in [0.25, 0.3) is 0 Å². The predicted molar refractivity (Wildman–Crippen MR) is 205 cm³/mol. The Bertz CT molecular complexity index is 1970. The number of hydrogen-bond donors (Lipinski definition) is 2. The third-order valence-corrected chi connectivity index (χ3v) is 15.8. The Kier molecular flexibility index (Phi) is 9.13.